The van der Waals surface area contributed by atoms with E-state index in [1.165, 1.54) is 0 Å². The molecule has 6 atom stereocenters. The number of nitrogens with zero attached hydrogens (tertiary/aromatic N) is 1. The van der Waals surface area contributed by atoms with Crippen LogP contribution in [0.15, 0.2) is 0 Å². The number of rotatable bonds is 2. The smallest absolute Gasteiger partial charge is 0.328 e. The molecule has 3 unspecified atom stereocenters. The number of ether oxygens (including phenoxy) is 1. The Kier molecular flexibility index (Phi) is 4.08. The quantitative estimate of drug-likeness (QED) is 0.339. The van der Waals surface area contributed by atoms with Crippen LogP contribution in [0.4, 0.5) is 4.79 Å². The van der Waals surface area contributed by atoms with Crippen molar-refractivity contribution in [3.8, 4) is 0 Å². The molecule has 0 saturated carbocycles. The van der Waals surface area contributed by atoms with Crippen LogP contribution in [0.1, 0.15) is 0 Å². The SMILES string of the molecule is O=C1NC(=O)N([C@@H]2O[C@H](CO)[C@H](O)C2O)C(O)C1Br. The third kappa shape index (κ3) is 2.35. The van der Waals surface area contributed by atoms with Crippen LogP contribution in [0.2, 0.25) is 0 Å². The Morgan fingerprint density at radius 1 is 1.26 bits per heavy atom. The number of halogens is 1. The molecule has 2 aliphatic rings. The predicted molar refractivity (Wildman–Crippen MR) is 61.9 cm³/mol. The van der Waals surface area contributed by atoms with Crippen molar-refractivity contribution in [2.45, 2.75) is 35.6 Å². The van der Waals surface area contributed by atoms with Crippen LogP contribution in [0, 0.1) is 0 Å². The number of hydrogen-bond donors (Lipinski definition) is 5. The maximum absolute atomic E-state index is 11.7. The molecule has 19 heavy (non-hydrogen) atoms. The highest BCUT2D eigenvalue weighted by Gasteiger charge is 2.52. The summed E-state index contributed by atoms with van der Waals surface area (Å²) in [7, 11) is 0. The molecule has 0 aromatic rings. The van der Waals surface area contributed by atoms with Gasteiger partial charge in [0.1, 0.15) is 23.1 Å². The molecule has 2 rings (SSSR count). The second-order valence-electron chi connectivity index (χ2n) is 4.25. The van der Waals surface area contributed by atoms with Gasteiger partial charge in [0.2, 0.25) is 5.91 Å². The summed E-state index contributed by atoms with van der Waals surface area (Å²) in [6, 6.07) is -0.956. The summed E-state index contributed by atoms with van der Waals surface area (Å²) in [5.41, 5.74) is 0. The Morgan fingerprint density at radius 3 is 2.42 bits per heavy atom. The van der Waals surface area contributed by atoms with Crippen LogP contribution >= 0.6 is 15.9 Å². The Balaban J connectivity index is 2.21. The summed E-state index contributed by atoms with van der Waals surface area (Å²) < 4.78 is 5.12. The molecule has 2 aliphatic heterocycles. The van der Waals surface area contributed by atoms with Crippen LogP contribution in [-0.4, -0.2) is 79.5 Å². The van der Waals surface area contributed by atoms with Crippen molar-refractivity contribution in [1.29, 1.82) is 0 Å². The normalized spacial score (nSPS) is 43.5. The van der Waals surface area contributed by atoms with E-state index < -0.39 is 54.1 Å². The summed E-state index contributed by atoms with van der Waals surface area (Å²) in [5, 5.41) is 40.2. The summed E-state index contributed by atoms with van der Waals surface area (Å²) in [6.07, 6.45) is -6.92. The minimum Gasteiger partial charge on any atom is -0.394 e. The van der Waals surface area contributed by atoms with Gasteiger partial charge in [-0.2, -0.15) is 0 Å². The third-order valence-electron chi connectivity index (χ3n) is 3.05. The van der Waals surface area contributed by atoms with Gasteiger partial charge in [-0.1, -0.05) is 15.9 Å². The van der Waals surface area contributed by atoms with Gasteiger partial charge >= 0.3 is 6.03 Å². The summed E-state index contributed by atoms with van der Waals surface area (Å²) in [4.78, 5) is 22.6. The summed E-state index contributed by atoms with van der Waals surface area (Å²) in [5.74, 6) is -0.722. The van der Waals surface area contributed by atoms with E-state index in [1.54, 1.807) is 0 Å². The molecule has 0 aliphatic carbocycles. The number of amides is 3. The Hall–Kier alpha value is -0.780. The Morgan fingerprint density at radius 2 is 1.89 bits per heavy atom. The van der Waals surface area contributed by atoms with Crippen molar-refractivity contribution in [1.82, 2.24) is 10.2 Å². The number of carbonyl (C=O) groups is 2. The lowest BCUT2D eigenvalue weighted by Gasteiger charge is -2.38. The van der Waals surface area contributed by atoms with Gasteiger partial charge < -0.3 is 25.2 Å². The molecule has 2 fully saturated rings. The maximum atomic E-state index is 11.7. The van der Waals surface area contributed by atoms with Crippen molar-refractivity contribution in [3.63, 3.8) is 0 Å². The van der Waals surface area contributed by atoms with Gasteiger partial charge in [0.05, 0.1) is 6.61 Å². The maximum Gasteiger partial charge on any atom is 0.328 e. The molecule has 2 heterocycles. The molecule has 3 amide bonds. The molecule has 0 aromatic heterocycles. The fourth-order valence-corrected chi connectivity index (χ4v) is 2.38. The highest BCUT2D eigenvalue weighted by Crippen LogP contribution is 2.28. The Labute approximate surface area is 115 Å². The number of aliphatic hydroxyl groups excluding tert-OH is 4. The van der Waals surface area contributed by atoms with Crippen molar-refractivity contribution in [3.05, 3.63) is 0 Å². The highest BCUT2D eigenvalue weighted by molar-refractivity contribution is 9.10. The number of imide groups is 1. The summed E-state index contributed by atoms with van der Waals surface area (Å²) >= 11 is 2.90. The van der Waals surface area contributed by atoms with E-state index in [9.17, 15) is 24.9 Å². The first-order valence-electron chi connectivity index (χ1n) is 5.46. The van der Waals surface area contributed by atoms with Crippen molar-refractivity contribution < 1.29 is 34.8 Å². The van der Waals surface area contributed by atoms with Gasteiger partial charge in [-0.05, 0) is 0 Å². The van der Waals surface area contributed by atoms with Gasteiger partial charge in [-0.3, -0.25) is 15.0 Å². The van der Waals surface area contributed by atoms with Crippen molar-refractivity contribution in [2.24, 2.45) is 0 Å². The lowest BCUT2D eigenvalue weighted by Crippen LogP contribution is -2.65. The molecule has 0 bridgehead atoms. The molecular weight excluding hydrogens is 328 g/mol. The fraction of sp³-hybridized carbons (Fsp3) is 0.778. The second-order valence-corrected chi connectivity index (χ2v) is 5.23. The molecule has 5 N–H and O–H groups in total. The number of nitrogens with one attached hydrogen (secondary N) is 1. The largest absolute Gasteiger partial charge is 0.394 e. The minimum atomic E-state index is -1.56. The average Bonchev–Trinajstić information content (AvgIpc) is 2.64. The summed E-state index contributed by atoms with van der Waals surface area (Å²) in [6.45, 7) is -0.559. The fourth-order valence-electron chi connectivity index (χ4n) is 2.01. The standard InChI is InChI=1S/C9H13BrN2O7/c10-3-6(16)11-9(18)12(7(3)17)8-5(15)4(14)2(1-13)19-8/h2-5,7-8,13-15,17H,1H2,(H,11,16,18)/t2-,3?,4+,5?,7?,8-/m1/s1. The van der Waals surface area contributed by atoms with Crippen LogP contribution in [-0.2, 0) is 9.53 Å². The van der Waals surface area contributed by atoms with Crippen LogP contribution in [0.5, 0.6) is 0 Å². The van der Waals surface area contributed by atoms with Crippen LogP contribution < -0.4 is 5.32 Å². The third-order valence-corrected chi connectivity index (χ3v) is 3.94. The number of aliphatic hydroxyl groups is 4. The van der Waals surface area contributed by atoms with Gasteiger partial charge in [0.15, 0.2) is 12.5 Å². The molecule has 10 heteroatoms. The first-order valence-corrected chi connectivity index (χ1v) is 6.37. The highest BCUT2D eigenvalue weighted by atomic mass is 79.9. The van der Waals surface area contributed by atoms with Crippen LogP contribution in [0.3, 0.4) is 0 Å². The van der Waals surface area contributed by atoms with E-state index in [0.717, 1.165) is 0 Å². The zero-order valence-corrected chi connectivity index (χ0v) is 11.1. The van der Waals surface area contributed by atoms with E-state index in [4.69, 9.17) is 9.84 Å². The first kappa shape index (κ1) is 14.6. The number of carbonyl (C=O) groups excluding carboxylic acids is 2. The molecule has 0 aromatic carbocycles. The van der Waals surface area contributed by atoms with E-state index in [0.29, 0.717) is 4.90 Å². The lowest BCUT2D eigenvalue weighted by atomic mass is 10.1. The van der Waals surface area contributed by atoms with Crippen molar-refractivity contribution in [2.75, 3.05) is 6.61 Å². The zero-order chi connectivity index (χ0) is 14.3. The first-order chi connectivity index (χ1) is 8.88. The van der Waals surface area contributed by atoms with Crippen molar-refractivity contribution >= 4 is 27.9 Å². The molecular formula is C9H13BrN2O7. The zero-order valence-electron chi connectivity index (χ0n) is 9.51. The molecule has 108 valence electrons. The number of urea groups is 1. The molecule has 9 nitrogen and oxygen atoms in total. The topological polar surface area (TPSA) is 140 Å². The average molecular weight is 341 g/mol. The van der Waals surface area contributed by atoms with E-state index in [1.807, 2.05) is 5.32 Å². The lowest BCUT2D eigenvalue weighted by molar-refractivity contribution is -0.148. The molecule has 2 saturated heterocycles. The predicted octanol–water partition coefficient (Wildman–Crippen LogP) is -2.94. The number of hydrogen-bond acceptors (Lipinski definition) is 7. The van der Waals surface area contributed by atoms with E-state index in [-0.39, 0.29) is 0 Å². The molecule has 0 radical (unpaired) electrons. The van der Waals surface area contributed by atoms with Gasteiger partial charge in [-0.25, -0.2) is 4.79 Å². The Bertz CT molecular complexity index is 395. The minimum absolute atomic E-state index is 0.559. The second kappa shape index (κ2) is 5.31. The monoisotopic (exact) mass is 340 g/mol. The van der Waals surface area contributed by atoms with E-state index in [2.05, 4.69) is 15.9 Å². The molecule has 0 spiro atoms. The van der Waals surface area contributed by atoms with Gasteiger partial charge in [-0.15, -0.1) is 0 Å². The van der Waals surface area contributed by atoms with Crippen LogP contribution in [0.25, 0.3) is 0 Å². The van der Waals surface area contributed by atoms with E-state index >= 15 is 0 Å². The number of alkyl halides is 1. The van der Waals surface area contributed by atoms with Gasteiger partial charge in [0.25, 0.3) is 0 Å². The van der Waals surface area contributed by atoms with Gasteiger partial charge in [0, 0.05) is 0 Å².